The Kier molecular flexibility index (Phi) is 17.9. The first-order chi connectivity index (χ1) is 33.6. The molecule has 2 atom stereocenters. The smallest absolute Gasteiger partial charge is 0.426 e. The van der Waals surface area contributed by atoms with Gasteiger partial charge in [0.1, 0.15) is 40.1 Å². The number of rotatable bonds is 14. The third-order valence-electron chi connectivity index (χ3n) is 11.4. The normalized spacial score (nSPS) is 14.1. The summed E-state index contributed by atoms with van der Waals surface area (Å²) in [6.45, 7) is 10.2. The first-order valence-electron chi connectivity index (χ1n) is 22.9. The molecule has 2 aromatic heterocycles. The van der Waals surface area contributed by atoms with Gasteiger partial charge in [0.15, 0.2) is 0 Å². The zero-order valence-corrected chi connectivity index (χ0v) is 42.6. The number of hydrogen-bond acceptors (Lipinski definition) is 10. The van der Waals surface area contributed by atoms with Crippen LogP contribution >= 0.6 is 35.1 Å². The summed E-state index contributed by atoms with van der Waals surface area (Å²) in [6, 6.07) is 29.7. The Labute approximate surface area is 428 Å². The minimum Gasteiger partial charge on any atom is -0.488 e. The van der Waals surface area contributed by atoms with Gasteiger partial charge in [-0.3, -0.25) is 14.4 Å². The molecule has 0 spiro atoms. The molecular formula is C53H55ClF6N4O6S2. The van der Waals surface area contributed by atoms with Crippen LogP contribution in [0.4, 0.5) is 37.7 Å². The second-order valence-electron chi connectivity index (χ2n) is 18.1. The molecule has 3 N–H and O–H groups in total. The van der Waals surface area contributed by atoms with Crippen LogP contribution in [-0.2, 0) is 57.5 Å². The number of anilines is 2. The zero-order valence-electron chi connectivity index (χ0n) is 40.1. The maximum Gasteiger partial charge on any atom is 0.426 e. The molecular weight excluding hydrogens is 1000 g/mol. The lowest BCUT2D eigenvalue weighted by Crippen LogP contribution is -2.45. The van der Waals surface area contributed by atoms with E-state index in [9.17, 15) is 40.7 Å². The van der Waals surface area contributed by atoms with E-state index in [1.807, 2.05) is 12.1 Å². The fourth-order valence-electron chi connectivity index (χ4n) is 8.16. The van der Waals surface area contributed by atoms with E-state index in [-0.39, 0.29) is 61.0 Å². The van der Waals surface area contributed by atoms with Gasteiger partial charge < -0.3 is 35.1 Å². The van der Waals surface area contributed by atoms with Crippen molar-refractivity contribution < 1.29 is 54.9 Å². The van der Waals surface area contributed by atoms with E-state index in [0.717, 1.165) is 22.5 Å². The van der Waals surface area contributed by atoms with Crippen molar-refractivity contribution >= 4 is 64.2 Å². The van der Waals surface area contributed by atoms with Crippen molar-refractivity contribution in [3.05, 3.63) is 140 Å². The molecule has 0 aliphatic carbocycles. The van der Waals surface area contributed by atoms with Crippen LogP contribution in [0.1, 0.15) is 71.7 Å². The number of thiophene rings is 2. The van der Waals surface area contributed by atoms with Gasteiger partial charge in [0.25, 0.3) is 0 Å². The average molecular weight is 1060 g/mol. The predicted molar refractivity (Wildman–Crippen MR) is 272 cm³/mol. The van der Waals surface area contributed by atoms with Crippen LogP contribution in [0.15, 0.2) is 109 Å². The van der Waals surface area contributed by atoms with Crippen molar-refractivity contribution in [3.8, 4) is 33.8 Å². The van der Waals surface area contributed by atoms with Crippen LogP contribution in [-0.4, -0.2) is 55.1 Å². The molecule has 2 aliphatic rings. The van der Waals surface area contributed by atoms with Crippen LogP contribution in [0.3, 0.4) is 0 Å². The number of carbonyl (C=O) groups is 3. The molecule has 2 amide bonds. The summed E-state index contributed by atoms with van der Waals surface area (Å²) in [7, 11) is 0. The SMILES string of the molecule is C[C@H](N)C(=O)N1CCc2cc(OCc3cc(-c4ccccc4)c(C(F)(F)F)s3)ccc21.C[C@H](NCCC(=O)OC(C)(C)C)C(=O)N1CCc2cc(OCc3cc(-c4ccccc4)c(C(F)(F)F)s3)ccc21.Cl. The molecule has 0 saturated carbocycles. The van der Waals surface area contributed by atoms with Crippen LogP contribution in [0, 0.1) is 0 Å². The van der Waals surface area contributed by atoms with Gasteiger partial charge in [0, 0.05) is 51.9 Å². The Morgan fingerprint density at radius 1 is 0.653 bits per heavy atom. The number of benzene rings is 4. The summed E-state index contributed by atoms with van der Waals surface area (Å²) in [5.41, 5.74) is 9.96. The highest BCUT2D eigenvalue weighted by molar-refractivity contribution is 7.13. The third kappa shape index (κ3) is 14.0. The third-order valence-corrected chi connectivity index (χ3v) is 13.7. The second kappa shape index (κ2) is 23.3. The van der Waals surface area contributed by atoms with E-state index in [0.29, 0.717) is 87.5 Å². The number of esters is 1. The molecule has 384 valence electrons. The minimum absolute atomic E-state index is 0. The van der Waals surface area contributed by atoms with Crippen molar-refractivity contribution in [2.45, 2.75) is 97.1 Å². The number of hydrogen-bond donors (Lipinski definition) is 2. The summed E-state index contributed by atoms with van der Waals surface area (Å²) < 4.78 is 98.7. The lowest BCUT2D eigenvalue weighted by molar-refractivity contribution is -0.154. The highest BCUT2D eigenvalue weighted by Crippen LogP contribution is 2.45. The number of alkyl halides is 6. The summed E-state index contributed by atoms with van der Waals surface area (Å²) in [4.78, 5) is 40.2. The van der Waals surface area contributed by atoms with Gasteiger partial charge >= 0.3 is 18.3 Å². The molecule has 6 aromatic rings. The first-order valence-corrected chi connectivity index (χ1v) is 24.5. The largest absolute Gasteiger partial charge is 0.488 e. The van der Waals surface area contributed by atoms with Gasteiger partial charge in [-0.25, -0.2) is 0 Å². The van der Waals surface area contributed by atoms with E-state index in [2.05, 4.69) is 5.32 Å². The van der Waals surface area contributed by atoms with Gasteiger partial charge in [-0.2, -0.15) is 26.3 Å². The number of fused-ring (bicyclic) bond motifs is 2. The maximum atomic E-state index is 13.7. The Morgan fingerprint density at radius 2 is 1.08 bits per heavy atom. The fraction of sp³-hybridized carbons (Fsp3) is 0.340. The summed E-state index contributed by atoms with van der Waals surface area (Å²) in [5, 5.41) is 3.09. The number of ether oxygens (including phenoxy) is 3. The topological polar surface area (TPSA) is 123 Å². The Balaban J connectivity index is 0.000000239. The van der Waals surface area contributed by atoms with Crippen LogP contribution < -0.4 is 30.3 Å². The second-order valence-corrected chi connectivity index (χ2v) is 20.4. The molecule has 0 unspecified atom stereocenters. The lowest BCUT2D eigenvalue weighted by atomic mass is 10.1. The molecule has 0 radical (unpaired) electrons. The van der Waals surface area contributed by atoms with Crippen molar-refractivity contribution in [3.63, 3.8) is 0 Å². The van der Waals surface area contributed by atoms with Crippen LogP contribution in [0.2, 0.25) is 0 Å². The van der Waals surface area contributed by atoms with Gasteiger partial charge in [-0.15, -0.1) is 35.1 Å². The molecule has 4 heterocycles. The Morgan fingerprint density at radius 3 is 1.49 bits per heavy atom. The summed E-state index contributed by atoms with van der Waals surface area (Å²) in [6.07, 6.45) is -7.41. The first kappa shape index (κ1) is 55.4. The minimum atomic E-state index is -4.46. The van der Waals surface area contributed by atoms with E-state index < -0.39 is 39.8 Å². The molecule has 19 heteroatoms. The van der Waals surface area contributed by atoms with Gasteiger partial charge in [-0.1, -0.05) is 60.7 Å². The number of nitrogens with zero attached hydrogens (tertiary/aromatic N) is 2. The molecule has 0 saturated heterocycles. The standard InChI is InChI=1S/C30H33F3N2O4S.C23H21F3N2O2S.ClH/c1-19(34-14-12-26(36)39-29(2,3)4)28(37)35-15-13-21-16-22(10-11-25(21)35)38-18-23-17-24(20-8-6-5-7-9-20)27(40-23)30(31,32)33;1-14(27)22(29)28-10-9-16-11-17(7-8-20(16)28)30-13-18-12-19(15-5-3-2-4-6-15)21(31-18)23(24,25)26;/h5-11,16-17,19,34H,12-15,18H2,1-4H3;2-8,11-12,14H,9-10,13,27H2,1H3;1H/t19-;14-;/m00./s1. The highest BCUT2D eigenvalue weighted by Gasteiger charge is 2.38. The highest BCUT2D eigenvalue weighted by atomic mass is 35.5. The number of halogens is 7. The summed E-state index contributed by atoms with van der Waals surface area (Å²) in [5.74, 6) is 0.506. The van der Waals surface area contributed by atoms with Crippen molar-refractivity contribution in [1.29, 1.82) is 0 Å². The molecule has 2 aliphatic heterocycles. The van der Waals surface area contributed by atoms with Crippen molar-refractivity contribution in [2.24, 2.45) is 5.73 Å². The number of nitrogens with two attached hydrogens (primary N) is 1. The maximum absolute atomic E-state index is 13.7. The van der Waals surface area contributed by atoms with E-state index in [1.165, 1.54) is 6.07 Å². The molecule has 10 nitrogen and oxygen atoms in total. The van der Waals surface area contributed by atoms with E-state index >= 15 is 0 Å². The van der Waals surface area contributed by atoms with E-state index in [1.54, 1.807) is 135 Å². The Bertz CT molecular complexity index is 2830. The molecule has 72 heavy (non-hydrogen) atoms. The zero-order chi connectivity index (χ0) is 51.3. The van der Waals surface area contributed by atoms with E-state index in [4.69, 9.17) is 19.9 Å². The molecule has 4 aromatic carbocycles. The van der Waals surface area contributed by atoms with Gasteiger partial charge in [0.05, 0.1) is 18.5 Å². The number of amides is 2. The lowest BCUT2D eigenvalue weighted by Gasteiger charge is -2.23. The monoisotopic (exact) mass is 1060 g/mol. The number of nitrogens with one attached hydrogen (secondary N) is 1. The van der Waals surface area contributed by atoms with Crippen molar-refractivity contribution in [2.75, 3.05) is 29.4 Å². The molecule has 0 bridgehead atoms. The van der Waals surface area contributed by atoms with Gasteiger partial charge in [0.2, 0.25) is 11.8 Å². The predicted octanol–water partition coefficient (Wildman–Crippen LogP) is 12.3. The Hall–Kier alpha value is -5.92. The van der Waals surface area contributed by atoms with Crippen LogP contribution in [0.25, 0.3) is 22.3 Å². The number of carbonyl (C=O) groups excluding carboxylic acids is 3. The quantitative estimate of drug-likeness (QED) is 0.0817. The molecule has 8 rings (SSSR count). The van der Waals surface area contributed by atoms with Gasteiger partial charge in [-0.05, 0) is 118 Å². The molecule has 0 fully saturated rings. The summed E-state index contributed by atoms with van der Waals surface area (Å²) >= 11 is 1.38. The van der Waals surface area contributed by atoms with Crippen LogP contribution in [0.5, 0.6) is 11.5 Å². The van der Waals surface area contributed by atoms with Crippen molar-refractivity contribution in [1.82, 2.24) is 5.32 Å². The average Bonchev–Trinajstić information content (AvgIpc) is 4.14. The fourth-order valence-corrected chi connectivity index (χ4v) is 10.1.